The molecule has 0 radical (unpaired) electrons. The number of H-pyrrole nitrogens is 2. The Balaban J connectivity index is 1.37. The first kappa shape index (κ1) is 23.6. The summed E-state index contributed by atoms with van der Waals surface area (Å²) < 4.78 is 20.4. The first-order chi connectivity index (χ1) is 18.0. The lowest BCUT2D eigenvalue weighted by Crippen LogP contribution is -2.26. The predicted octanol–water partition coefficient (Wildman–Crippen LogP) is 4.71. The molecular formula is C28H30FN7O. The predicted molar refractivity (Wildman–Crippen MR) is 143 cm³/mol. The van der Waals surface area contributed by atoms with Gasteiger partial charge in [0.2, 0.25) is 0 Å². The molecule has 5 heterocycles. The first-order valence-electron chi connectivity index (χ1n) is 12.7. The summed E-state index contributed by atoms with van der Waals surface area (Å²) >= 11 is 0. The van der Waals surface area contributed by atoms with Crippen molar-refractivity contribution in [1.29, 1.82) is 0 Å². The fraction of sp³-hybridized carbons (Fsp3) is 0.321. The second-order valence-electron chi connectivity index (χ2n) is 9.89. The van der Waals surface area contributed by atoms with E-state index in [-0.39, 0.29) is 5.82 Å². The highest BCUT2D eigenvalue weighted by atomic mass is 19.1. The van der Waals surface area contributed by atoms with Crippen molar-refractivity contribution in [3.8, 4) is 28.3 Å². The van der Waals surface area contributed by atoms with Crippen LogP contribution in [0.1, 0.15) is 24.3 Å². The number of ether oxygens (including phenoxy) is 1. The molecular weight excluding hydrogens is 469 g/mol. The maximum atomic E-state index is 14.6. The Labute approximate surface area is 214 Å². The van der Waals surface area contributed by atoms with Crippen molar-refractivity contribution < 1.29 is 9.13 Å². The summed E-state index contributed by atoms with van der Waals surface area (Å²) in [6.45, 7) is 3.29. The van der Waals surface area contributed by atoms with Crippen LogP contribution in [-0.2, 0) is 0 Å². The van der Waals surface area contributed by atoms with Crippen LogP contribution >= 0.6 is 0 Å². The van der Waals surface area contributed by atoms with Gasteiger partial charge < -0.3 is 19.9 Å². The Hall–Kier alpha value is -3.82. The zero-order chi connectivity index (χ0) is 25.4. The maximum absolute atomic E-state index is 14.6. The molecule has 1 saturated heterocycles. The highest BCUT2D eigenvalue weighted by Gasteiger charge is 2.19. The molecule has 1 aromatic carbocycles. The molecule has 0 amide bonds. The number of nitrogens with zero attached hydrogens (tertiary/aromatic N) is 4. The van der Waals surface area contributed by atoms with Crippen molar-refractivity contribution in [2.24, 2.45) is 0 Å². The molecule has 1 aliphatic rings. The van der Waals surface area contributed by atoms with Crippen molar-refractivity contribution in [2.45, 2.75) is 18.8 Å². The van der Waals surface area contributed by atoms with E-state index in [1.807, 2.05) is 43.4 Å². The van der Waals surface area contributed by atoms with Gasteiger partial charge in [-0.05, 0) is 93.0 Å². The summed E-state index contributed by atoms with van der Waals surface area (Å²) in [5, 5.41) is 12.9. The van der Waals surface area contributed by atoms with Gasteiger partial charge in [0.15, 0.2) is 5.65 Å². The zero-order valence-electron chi connectivity index (χ0n) is 21.0. The molecule has 1 aliphatic heterocycles. The van der Waals surface area contributed by atoms with Crippen LogP contribution < -0.4 is 10.1 Å². The Morgan fingerprint density at radius 2 is 1.92 bits per heavy atom. The molecule has 0 aliphatic carbocycles. The monoisotopic (exact) mass is 499 g/mol. The van der Waals surface area contributed by atoms with E-state index in [2.05, 4.69) is 36.5 Å². The number of fused-ring (bicyclic) bond motifs is 2. The van der Waals surface area contributed by atoms with Crippen LogP contribution in [0.2, 0.25) is 0 Å². The standard InChI is InChI=1S/C28H30FN7O/c1-36(2)9-10-37-21-12-18(11-20(29)14-21)22-5-8-31-27-23(22)15-25(33-27)26-24-13-19(16-32-28(24)35-34-26)17-3-6-30-7-4-17/h5,8,11-17,30H,3-4,6-7,9-10H2,1-2H3,(H,31,33)(H,32,34,35). The number of halogens is 1. The largest absolute Gasteiger partial charge is 0.492 e. The van der Waals surface area contributed by atoms with Crippen LogP contribution in [0.5, 0.6) is 5.75 Å². The Kier molecular flexibility index (Phi) is 6.31. The molecule has 6 rings (SSSR count). The van der Waals surface area contributed by atoms with Crippen molar-refractivity contribution in [3.63, 3.8) is 0 Å². The number of hydrogen-bond donors (Lipinski definition) is 3. The first-order valence-corrected chi connectivity index (χ1v) is 12.7. The van der Waals surface area contributed by atoms with Gasteiger partial charge in [0.05, 0.1) is 11.4 Å². The lowest BCUT2D eigenvalue weighted by molar-refractivity contribution is 0.260. The van der Waals surface area contributed by atoms with E-state index in [1.54, 1.807) is 6.20 Å². The van der Waals surface area contributed by atoms with Crippen LogP contribution in [-0.4, -0.2) is 70.4 Å². The average Bonchev–Trinajstić information content (AvgIpc) is 3.52. The second kappa shape index (κ2) is 9.91. The minimum absolute atomic E-state index is 0.339. The summed E-state index contributed by atoms with van der Waals surface area (Å²) in [4.78, 5) is 14.6. The van der Waals surface area contributed by atoms with Crippen LogP contribution in [0.4, 0.5) is 4.39 Å². The Morgan fingerprint density at radius 1 is 1.05 bits per heavy atom. The molecule has 0 unspecified atom stereocenters. The molecule has 3 N–H and O–H groups in total. The van der Waals surface area contributed by atoms with Gasteiger partial charge in [-0.2, -0.15) is 5.10 Å². The fourth-order valence-corrected chi connectivity index (χ4v) is 5.06. The number of nitrogens with one attached hydrogen (secondary N) is 3. The number of pyridine rings is 2. The molecule has 190 valence electrons. The van der Waals surface area contributed by atoms with Gasteiger partial charge in [-0.3, -0.25) is 5.10 Å². The normalized spacial score (nSPS) is 14.7. The third-order valence-electron chi connectivity index (χ3n) is 7.03. The molecule has 0 bridgehead atoms. The quantitative estimate of drug-likeness (QED) is 0.300. The number of benzene rings is 1. The van der Waals surface area contributed by atoms with Crippen molar-refractivity contribution in [2.75, 3.05) is 40.3 Å². The molecule has 0 saturated carbocycles. The summed E-state index contributed by atoms with van der Waals surface area (Å²) in [5.41, 5.74) is 5.99. The van der Waals surface area contributed by atoms with Gasteiger partial charge in [0.1, 0.15) is 23.8 Å². The number of piperidine rings is 1. The number of rotatable bonds is 7. The topological polar surface area (TPSA) is 94.8 Å². The van der Waals surface area contributed by atoms with E-state index < -0.39 is 0 Å². The van der Waals surface area contributed by atoms with E-state index >= 15 is 0 Å². The van der Waals surface area contributed by atoms with Crippen LogP contribution in [0.3, 0.4) is 0 Å². The van der Waals surface area contributed by atoms with Gasteiger partial charge in [-0.1, -0.05) is 0 Å². The van der Waals surface area contributed by atoms with E-state index in [9.17, 15) is 4.39 Å². The minimum atomic E-state index is -0.339. The van der Waals surface area contributed by atoms with Gasteiger partial charge in [-0.25, -0.2) is 14.4 Å². The molecule has 9 heteroatoms. The SMILES string of the molecule is CN(C)CCOc1cc(F)cc(-c2ccnc3[nH]c(-c4[nH]nc5ncc(C6CCNCC6)cc45)cc23)c1. The van der Waals surface area contributed by atoms with E-state index in [4.69, 9.17) is 4.74 Å². The molecule has 0 atom stereocenters. The Morgan fingerprint density at radius 3 is 2.76 bits per heavy atom. The number of aromatic nitrogens is 5. The third kappa shape index (κ3) is 4.80. The van der Waals surface area contributed by atoms with E-state index in [0.29, 0.717) is 23.9 Å². The summed E-state index contributed by atoms with van der Waals surface area (Å²) in [6, 6.07) is 11.0. The molecule has 37 heavy (non-hydrogen) atoms. The number of aromatic amines is 2. The van der Waals surface area contributed by atoms with Gasteiger partial charge in [0, 0.05) is 35.8 Å². The molecule has 5 aromatic rings. The van der Waals surface area contributed by atoms with Crippen LogP contribution in [0.25, 0.3) is 44.6 Å². The maximum Gasteiger partial charge on any atom is 0.181 e. The Bertz CT molecular complexity index is 1550. The van der Waals surface area contributed by atoms with Crippen LogP contribution in [0.15, 0.2) is 48.8 Å². The lowest BCUT2D eigenvalue weighted by atomic mass is 9.91. The van der Waals surface area contributed by atoms with Crippen molar-refractivity contribution in [1.82, 2.24) is 35.4 Å². The number of likely N-dealkylation sites (N-methyl/N-ethyl adjacent to an activating group) is 1. The molecule has 0 spiro atoms. The van der Waals surface area contributed by atoms with Gasteiger partial charge in [0.25, 0.3) is 0 Å². The average molecular weight is 500 g/mol. The molecule has 1 fully saturated rings. The van der Waals surface area contributed by atoms with Crippen LogP contribution in [0, 0.1) is 5.82 Å². The highest BCUT2D eigenvalue weighted by molar-refractivity contribution is 5.99. The smallest absolute Gasteiger partial charge is 0.181 e. The third-order valence-corrected chi connectivity index (χ3v) is 7.03. The van der Waals surface area contributed by atoms with Crippen molar-refractivity contribution in [3.05, 3.63) is 60.2 Å². The van der Waals surface area contributed by atoms with E-state index in [1.165, 1.54) is 17.7 Å². The molecule has 4 aromatic heterocycles. The highest BCUT2D eigenvalue weighted by Crippen LogP contribution is 2.35. The second-order valence-corrected chi connectivity index (χ2v) is 9.89. The van der Waals surface area contributed by atoms with Gasteiger partial charge >= 0.3 is 0 Å². The van der Waals surface area contributed by atoms with E-state index in [0.717, 1.165) is 71.4 Å². The summed E-state index contributed by atoms with van der Waals surface area (Å²) in [5.74, 6) is 0.668. The van der Waals surface area contributed by atoms with Gasteiger partial charge in [-0.15, -0.1) is 0 Å². The molecule has 8 nitrogen and oxygen atoms in total. The fourth-order valence-electron chi connectivity index (χ4n) is 5.06. The van der Waals surface area contributed by atoms with Crippen molar-refractivity contribution >= 4 is 22.1 Å². The zero-order valence-corrected chi connectivity index (χ0v) is 21.0. The lowest BCUT2D eigenvalue weighted by Gasteiger charge is -2.22. The minimum Gasteiger partial charge on any atom is -0.492 e. The summed E-state index contributed by atoms with van der Waals surface area (Å²) in [7, 11) is 3.95. The number of hydrogen-bond acceptors (Lipinski definition) is 6. The summed E-state index contributed by atoms with van der Waals surface area (Å²) in [6.07, 6.45) is 5.90.